The van der Waals surface area contributed by atoms with Crippen LogP contribution < -0.4 is 0 Å². The van der Waals surface area contributed by atoms with Gasteiger partial charge in [-0.3, -0.25) is 0 Å². The third kappa shape index (κ3) is 1.89. The number of pyridine rings is 1. The topological polar surface area (TPSA) is 39.6 Å². The molecule has 0 radical (unpaired) electrons. The third-order valence-corrected chi connectivity index (χ3v) is 3.43. The number of aromatic amines is 1. The molecule has 1 N–H and O–H groups in total. The van der Waals surface area contributed by atoms with Gasteiger partial charge >= 0.3 is 0 Å². The number of nitrogens with zero attached hydrogens (tertiary/aromatic N) is 1. The van der Waals surface area contributed by atoms with Crippen molar-refractivity contribution in [3.8, 4) is 6.07 Å². The molecular weight excluding hydrogens is 260 g/mol. The highest BCUT2D eigenvalue weighted by atomic mass is 79.9. The van der Waals surface area contributed by atoms with Gasteiger partial charge in [-0.05, 0) is 34.3 Å². The molecule has 1 heterocycles. The van der Waals surface area contributed by atoms with Gasteiger partial charge in [-0.15, -0.1) is 0 Å². The molecule has 4 heteroatoms. The smallest absolute Gasteiger partial charge is 0.121 e. The van der Waals surface area contributed by atoms with Crippen molar-refractivity contribution in [1.82, 2.24) is 4.98 Å². The van der Waals surface area contributed by atoms with E-state index in [0.717, 1.165) is 15.7 Å². The van der Waals surface area contributed by atoms with Crippen LogP contribution in [0.4, 0.5) is 0 Å². The van der Waals surface area contributed by atoms with E-state index < -0.39 is 0 Å². The molecule has 0 saturated heterocycles. The van der Waals surface area contributed by atoms with Gasteiger partial charge in [0.15, 0.2) is 0 Å². The monoisotopic (exact) mass is 270 g/mol. The van der Waals surface area contributed by atoms with Crippen LogP contribution in [0.5, 0.6) is 0 Å². The van der Waals surface area contributed by atoms with Crippen molar-refractivity contribution >= 4 is 28.1 Å². The first-order chi connectivity index (χ1) is 6.49. The van der Waals surface area contributed by atoms with E-state index in [1.807, 2.05) is 6.92 Å². The van der Waals surface area contributed by atoms with Crippen LogP contribution in [0.25, 0.3) is 0 Å². The van der Waals surface area contributed by atoms with E-state index in [1.165, 1.54) is 0 Å². The second-order valence-electron chi connectivity index (χ2n) is 3.45. The summed E-state index contributed by atoms with van der Waals surface area (Å²) < 4.78 is 1.48. The predicted molar refractivity (Wildman–Crippen MR) is 62.9 cm³/mol. The number of aromatic nitrogens is 1. The van der Waals surface area contributed by atoms with Crippen molar-refractivity contribution in [3.05, 3.63) is 25.9 Å². The van der Waals surface area contributed by atoms with Gasteiger partial charge in [0.25, 0.3) is 0 Å². The summed E-state index contributed by atoms with van der Waals surface area (Å²) in [5.74, 6) is 0.359. The quantitative estimate of drug-likeness (QED) is 0.789. The van der Waals surface area contributed by atoms with Gasteiger partial charge < -0.3 is 4.98 Å². The molecule has 0 atom stereocenters. The number of nitrogens with one attached hydrogen (secondary N) is 1. The van der Waals surface area contributed by atoms with Crippen LogP contribution in [0.15, 0.2) is 4.47 Å². The molecule has 0 aromatic carbocycles. The molecular formula is C10H11BrN2S. The molecule has 14 heavy (non-hydrogen) atoms. The first-order valence-electron chi connectivity index (χ1n) is 4.31. The molecule has 0 aliphatic heterocycles. The second-order valence-corrected chi connectivity index (χ2v) is 4.65. The number of hydrogen-bond acceptors (Lipinski definition) is 2. The fourth-order valence-electron chi connectivity index (χ4n) is 1.25. The minimum absolute atomic E-state index is 0.359. The molecule has 0 saturated carbocycles. The molecule has 0 aliphatic carbocycles. The predicted octanol–water partition coefficient (Wildman–Crippen LogP) is 3.81. The largest absolute Gasteiger partial charge is 0.348 e. The fourth-order valence-corrected chi connectivity index (χ4v) is 2.32. The van der Waals surface area contributed by atoms with Crippen LogP contribution in [0.1, 0.15) is 36.6 Å². The van der Waals surface area contributed by atoms with Gasteiger partial charge in [-0.25, -0.2) is 0 Å². The molecule has 0 amide bonds. The van der Waals surface area contributed by atoms with Crippen molar-refractivity contribution in [2.45, 2.75) is 26.7 Å². The summed E-state index contributed by atoms with van der Waals surface area (Å²) in [5.41, 5.74) is 2.52. The summed E-state index contributed by atoms with van der Waals surface area (Å²) >= 11 is 8.58. The number of H-pyrrole nitrogens is 1. The summed E-state index contributed by atoms with van der Waals surface area (Å²) in [6.45, 7) is 6.06. The fraction of sp³-hybridized carbons (Fsp3) is 0.400. The first-order valence-corrected chi connectivity index (χ1v) is 5.51. The summed E-state index contributed by atoms with van der Waals surface area (Å²) in [7, 11) is 0. The lowest BCUT2D eigenvalue weighted by Crippen LogP contribution is -2.00. The van der Waals surface area contributed by atoms with Crippen LogP contribution in [0.3, 0.4) is 0 Å². The van der Waals surface area contributed by atoms with Crippen LogP contribution in [0.2, 0.25) is 0 Å². The SMILES string of the molecule is Cc1c(Br)c(C(C)C)[nH]c(=S)c1C#N. The summed E-state index contributed by atoms with van der Waals surface area (Å²) in [6, 6.07) is 2.11. The minimum Gasteiger partial charge on any atom is -0.348 e. The Morgan fingerprint density at radius 2 is 2.07 bits per heavy atom. The molecule has 0 unspecified atom stereocenters. The van der Waals surface area contributed by atoms with Crippen molar-refractivity contribution in [1.29, 1.82) is 5.26 Å². The normalized spacial score (nSPS) is 10.3. The maximum absolute atomic E-state index is 8.90. The van der Waals surface area contributed by atoms with E-state index in [4.69, 9.17) is 17.5 Å². The van der Waals surface area contributed by atoms with Crippen LogP contribution >= 0.6 is 28.1 Å². The highest BCUT2D eigenvalue weighted by molar-refractivity contribution is 9.10. The van der Waals surface area contributed by atoms with Gasteiger partial charge in [-0.2, -0.15) is 5.26 Å². The minimum atomic E-state index is 0.359. The van der Waals surface area contributed by atoms with Crippen molar-refractivity contribution in [3.63, 3.8) is 0 Å². The Hall–Kier alpha value is -0.660. The van der Waals surface area contributed by atoms with E-state index in [2.05, 4.69) is 40.8 Å². The van der Waals surface area contributed by atoms with Crippen molar-refractivity contribution in [2.75, 3.05) is 0 Å². The average Bonchev–Trinajstić information content (AvgIpc) is 2.12. The Bertz CT molecular complexity index is 454. The molecule has 0 spiro atoms. The highest BCUT2D eigenvalue weighted by Crippen LogP contribution is 2.28. The van der Waals surface area contributed by atoms with Crippen LogP contribution in [-0.2, 0) is 0 Å². The summed E-state index contributed by atoms with van der Waals surface area (Å²) in [6.07, 6.45) is 0. The maximum atomic E-state index is 8.90. The first kappa shape index (κ1) is 11.4. The van der Waals surface area contributed by atoms with Crippen molar-refractivity contribution < 1.29 is 0 Å². The standard InChI is InChI=1S/C10H11BrN2S/c1-5(2)9-8(11)6(3)7(4-12)10(14)13-9/h5H,1-3H3,(H,13,14). The lowest BCUT2D eigenvalue weighted by atomic mass is 10.1. The lowest BCUT2D eigenvalue weighted by molar-refractivity contribution is 0.809. The summed E-state index contributed by atoms with van der Waals surface area (Å²) in [4.78, 5) is 3.08. The Kier molecular flexibility index (Phi) is 3.46. The van der Waals surface area contributed by atoms with Gasteiger partial charge in [0.1, 0.15) is 10.7 Å². The van der Waals surface area contributed by atoms with Gasteiger partial charge in [0.2, 0.25) is 0 Å². The number of nitriles is 1. The zero-order valence-corrected chi connectivity index (χ0v) is 10.7. The van der Waals surface area contributed by atoms with E-state index in [0.29, 0.717) is 16.1 Å². The molecule has 0 fully saturated rings. The van der Waals surface area contributed by atoms with E-state index in [9.17, 15) is 0 Å². The number of rotatable bonds is 1. The molecule has 1 rings (SSSR count). The number of hydrogen-bond donors (Lipinski definition) is 1. The van der Waals surface area contributed by atoms with Crippen LogP contribution in [0, 0.1) is 22.9 Å². The Morgan fingerprint density at radius 1 is 1.50 bits per heavy atom. The molecule has 0 bridgehead atoms. The zero-order valence-electron chi connectivity index (χ0n) is 8.31. The highest BCUT2D eigenvalue weighted by Gasteiger charge is 2.12. The van der Waals surface area contributed by atoms with Gasteiger partial charge in [-0.1, -0.05) is 26.1 Å². The zero-order chi connectivity index (χ0) is 10.9. The van der Waals surface area contributed by atoms with Crippen molar-refractivity contribution in [2.24, 2.45) is 0 Å². The van der Waals surface area contributed by atoms with Gasteiger partial charge in [0.05, 0.1) is 5.56 Å². The average molecular weight is 271 g/mol. The van der Waals surface area contributed by atoms with E-state index in [1.54, 1.807) is 0 Å². The lowest BCUT2D eigenvalue weighted by Gasteiger charge is -2.11. The molecule has 74 valence electrons. The van der Waals surface area contributed by atoms with Crippen LogP contribution in [-0.4, -0.2) is 4.98 Å². The molecule has 1 aromatic rings. The number of halogens is 1. The Labute approximate surface area is 97.1 Å². The Morgan fingerprint density at radius 3 is 2.50 bits per heavy atom. The third-order valence-electron chi connectivity index (χ3n) is 2.11. The molecule has 1 aromatic heterocycles. The second kappa shape index (κ2) is 4.24. The van der Waals surface area contributed by atoms with Gasteiger partial charge in [0, 0.05) is 10.2 Å². The summed E-state index contributed by atoms with van der Waals surface area (Å²) in [5, 5.41) is 8.90. The van der Waals surface area contributed by atoms with E-state index >= 15 is 0 Å². The molecule has 0 aliphatic rings. The maximum Gasteiger partial charge on any atom is 0.121 e. The van der Waals surface area contributed by atoms with E-state index in [-0.39, 0.29) is 0 Å². The Balaban J connectivity index is 3.58. The molecule has 2 nitrogen and oxygen atoms in total.